The highest BCUT2D eigenvalue weighted by Gasteiger charge is 2.76. The topological polar surface area (TPSA) is 132 Å². The fourth-order valence-electron chi connectivity index (χ4n) is 13.6. The number of halogens is 1. The summed E-state index contributed by atoms with van der Waals surface area (Å²) in [7, 11) is 4.59. The molecule has 7 fully saturated rings. The number of morpholine rings is 1. The van der Waals surface area contributed by atoms with Gasteiger partial charge in [0.05, 0.1) is 26.3 Å². The minimum Gasteiger partial charge on any atom is -1.00 e. The Hall–Kier alpha value is -3.03. The van der Waals surface area contributed by atoms with Gasteiger partial charge in [0, 0.05) is 29.6 Å². The van der Waals surface area contributed by atoms with Gasteiger partial charge in [0.2, 0.25) is 0 Å². The van der Waals surface area contributed by atoms with E-state index >= 15 is 0 Å². The lowest BCUT2D eigenvalue weighted by Crippen LogP contribution is -3.00. The van der Waals surface area contributed by atoms with Gasteiger partial charge in [0.25, 0.3) is 0 Å². The van der Waals surface area contributed by atoms with Crippen molar-refractivity contribution in [2.75, 3.05) is 20.7 Å². The van der Waals surface area contributed by atoms with E-state index in [1.54, 1.807) is 12.2 Å². The third-order valence-electron chi connectivity index (χ3n) is 16.8. The smallest absolute Gasteiger partial charge is 0.321 e. The van der Waals surface area contributed by atoms with Crippen LogP contribution in [0.2, 0.25) is 0 Å². The summed E-state index contributed by atoms with van der Waals surface area (Å²) < 4.78 is 25.7. The van der Waals surface area contributed by atoms with Crippen molar-refractivity contribution in [3.8, 4) is 0 Å². The molecule has 4 saturated heterocycles. The standard InChI is InChI=1S/C25H34O6.C24H28NO3.BrH/c1-4-5-21-30-20-11-17-16-7-6-14-10-15(27)8-9-23(14,2)22(16)18(28)12-24(17,3)25(20,31-21)19(29)13-26;1-24(16-10-6-4-7-11-16,17-12-8-5-9-13-17)23(26)27-18-14-19-21-22(28-21)20(15-18)25(19,2)3;/h8-10,16-18,20-22,26,28H,4-7,11-13H2,1-3H3;4-13,18-22H,14-15H2,1-3H3;1H/q;+1;/p-1/t16-,17-,18-,20+,21?,22+,23-,24-,25+;18?,19?,20?,21-,22-;/m00./s1. The van der Waals surface area contributed by atoms with Gasteiger partial charge in [-0.2, -0.15) is 0 Å². The maximum absolute atomic E-state index is 13.6. The number of fused-ring (bicyclic) bond motifs is 12. The number of benzene rings is 2. The number of ketones is 2. The van der Waals surface area contributed by atoms with Crippen molar-refractivity contribution in [2.24, 2.45) is 28.6 Å². The number of aliphatic hydroxyl groups is 2. The van der Waals surface area contributed by atoms with Gasteiger partial charge < -0.3 is 50.6 Å². The van der Waals surface area contributed by atoms with Crippen LogP contribution in [0.5, 0.6) is 0 Å². The van der Waals surface area contributed by atoms with Crippen LogP contribution in [0.4, 0.5) is 0 Å². The van der Waals surface area contributed by atoms with Crippen LogP contribution < -0.4 is 17.0 Å². The molecule has 13 atom stereocenters. The second-order valence-electron chi connectivity index (χ2n) is 19.9. The Morgan fingerprint density at radius 1 is 0.950 bits per heavy atom. The molecule has 10 nitrogen and oxygen atoms in total. The van der Waals surface area contributed by atoms with Gasteiger partial charge in [0.15, 0.2) is 23.5 Å². The van der Waals surface area contributed by atoms with Gasteiger partial charge in [-0.3, -0.25) is 14.4 Å². The number of ether oxygens (including phenoxy) is 4. The van der Waals surface area contributed by atoms with E-state index in [0.29, 0.717) is 43.6 Å². The van der Waals surface area contributed by atoms with Crippen LogP contribution in [-0.4, -0.2) is 107 Å². The van der Waals surface area contributed by atoms with Crippen molar-refractivity contribution in [2.45, 2.75) is 139 Å². The summed E-state index contributed by atoms with van der Waals surface area (Å²) in [5, 5.41) is 21.4. The van der Waals surface area contributed by atoms with Crippen LogP contribution >= 0.6 is 0 Å². The van der Waals surface area contributed by atoms with Gasteiger partial charge in [-0.05, 0) is 74.1 Å². The molecule has 4 aliphatic carbocycles. The van der Waals surface area contributed by atoms with Gasteiger partial charge in [-0.1, -0.05) is 99.5 Å². The SMILES string of the molecule is CC(C(=O)OC1CC2[C@@H]3O[C@H]3C(C1)[N+]2(C)C)(c1ccccc1)c1ccccc1.CCCC1O[C@@H]2C[C@H]3[C@@H]4CCC5=CC(=O)C=C[C@]5(C)[C@H]4[C@@H](O)C[C@]3(C)[C@]2(C(=O)CO)O1.[Br-]. The molecule has 10 rings (SSSR count). The first-order valence-corrected chi connectivity index (χ1v) is 22.0. The van der Waals surface area contributed by atoms with Crippen molar-refractivity contribution >= 4 is 17.5 Å². The number of likely N-dealkylation sites (N-methyl/N-ethyl adjacent to an activating group) is 1. The quantitative estimate of drug-likeness (QED) is 0.234. The van der Waals surface area contributed by atoms with E-state index < -0.39 is 41.5 Å². The molecule has 2 N–H and O–H groups in total. The van der Waals surface area contributed by atoms with E-state index in [9.17, 15) is 24.6 Å². The summed E-state index contributed by atoms with van der Waals surface area (Å²) in [4.78, 5) is 38.8. The zero-order valence-corrected chi connectivity index (χ0v) is 37.4. The Morgan fingerprint density at radius 2 is 1.57 bits per heavy atom. The summed E-state index contributed by atoms with van der Waals surface area (Å²) in [5.41, 5.74) is 0.0665. The van der Waals surface area contributed by atoms with Crippen molar-refractivity contribution in [3.05, 3.63) is 95.6 Å². The van der Waals surface area contributed by atoms with E-state index in [-0.39, 0.29) is 63.8 Å². The Labute approximate surface area is 365 Å². The van der Waals surface area contributed by atoms with Crippen molar-refractivity contribution in [3.63, 3.8) is 0 Å². The third kappa shape index (κ3) is 6.42. The molecule has 0 amide bonds. The number of epoxide rings is 1. The Bertz CT molecular complexity index is 1980. The summed E-state index contributed by atoms with van der Waals surface area (Å²) in [6.45, 7) is 7.66. The van der Waals surface area contributed by atoms with Crippen LogP contribution in [0, 0.1) is 28.6 Å². The molecule has 3 unspecified atom stereocenters. The van der Waals surface area contributed by atoms with Gasteiger partial charge in [-0.25, -0.2) is 0 Å². The Balaban J connectivity index is 0.000000164. The van der Waals surface area contributed by atoms with Crippen LogP contribution in [0.1, 0.15) is 90.2 Å². The summed E-state index contributed by atoms with van der Waals surface area (Å²) in [5.74, 6) is -0.129. The zero-order valence-electron chi connectivity index (χ0n) is 35.8. The molecule has 2 aromatic rings. The summed E-state index contributed by atoms with van der Waals surface area (Å²) in [6, 6.07) is 20.8. The van der Waals surface area contributed by atoms with Crippen molar-refractivity contribution in [1.82, 2.24) is 0 Å². The number of allylic oxidation sites excluding steroid dienone is 4. The average molecular weight is 889 g/mol. The van der Waals surface area contributed by atoms with E-state index in [0.717, 1.165) is 53.3 Å². The Kier molecular flexibility index (Phi) is 11.4. The summed E-state index contributed by atoms with van der Waals surface area (Å²) >= 11 is 0. The van der Waals surface area contributed by atoms with Gasteiger partial charge in [-0.15, -0.1) is 0 Å². The normalized spacial score (nSPS) is 41.2. The van der Waals surface area contributed by atoms with Crippen molar-refractivity contribution < 1.29 is 65.0 Å². The third-order valence-corrected chi connectivity index (χ3v) is 16.8. The van der Waals surface area contributed by atoms with Crippen molar-refractivity contribution in [1.29, 1.82) is 0 Å². The minimum absolute atomic E-state index is 0. The number of rotatable bonds is 8. The minimum atomic E-state index is -1.20. The molecule has 0 spiro atoms. The number of quaternary nitrogens is 1. The van der Waals surface area contributed by atoms with Crippen LogP contribution in [0.25, 0.3) is 0 Å². The van der Waals surface area contributed by atoms with Crippen LogP contribution in [-0.2, 0) is 38.7 Å². The Morgan fingerprint density at radius 3 is 2.15 bits per heavy atom. The largest absolute Gasteiger partial charge is 1.00 e. The molecule has 4 aliphatic heterocycles. The monoisotopic (exact) mass is 887 g/mol. The molecule has 11 heteroatoms. The number of hydrogen-bond donors (Lipinski definition) is 2. The van der Waals surface area contributed by atoms with E-state index in [1.807, 2.05) is 73.7 Å². The molecule has 0 aromatic heterocycles. The molecule has 2 aromatic carbocycles. The highest BCUT2D eigenvalue weighted by molar-refractivity contribution is 6.01. The highest BCUT2D eigenvalue weighted by Crippen LogP contribution is 2.69. The number of piperidine rings is 1. The van der Waals surface area contributed by atoms with E-state index in [1.165, 1.54) is 0 Å². The second kappa shape index (κ2) is 15.6. The average Bonchev–Trinajstić information content (AvgIpc) is 3.83. The molecule has 3 saturated carbocycles. The maximum Gasteiger partial charge on any atom is 0.321 e. The fraction of sp³-hybridized carbons (Fsp3) is 0.612. The maximum atomic E-state index is 13.6. The molecule has 0 radical (unpaired) electrons. The first-order chi connectivity index (χ1) is 28.1. The predicted octanol–water partition coefficient (Wildman–Crippen LogP) is 3.01. The number of carbonyl (C=O) groups is 3. The second-order valence-corrected chi connectivity index (χ2v) is 19.9. The lowest BCUT2D eigenvalue weighted by molar-refractivity contribution is -0.938. The molecular formula is C49H62BrNO9. The van der Waals surface area contributed by atoms with E-state index in [4.69, 9.17) is 18.9 Å². The van der Waals surface area contributed by atoms with E-state index in [2.05, 4.69) is 34.9 Å². The molecular weight excluding hydrogens is 826 g/mol. The number of hydrogen-bond acceptors (Lipinski definition) is 9. The fourth-order valence-corrected chi connectivity index (χ4v) is 13.6. The number of aliphatic hydroxyl groups excluding tert-OH is 2. The number of nitrogens with zero attached hydrogens (tertiary/aromatic N) is 1. The molecule has 4 heterocycles. The number of esters is 1. The highest BCUT2D eigenvalue weighted by atomic mass is 79.9. The zero-order chi connectivity index (χ0) is 41.7. The first-order valence-electron chi connectivity index (χ1n) is 22.0. The lowest BCUT2D eigenvalue weighted by atomic mass is 9.46. The molecule has 324 valence electrons. The van der Waals surface area contributed by atoms with Gasteiger partial charge >= 0.3 is 5.97 Å². The van der Waals surface area contributed by atoms with Gasteiger partial charge in [0.1, 0.15) is 42.4 Å². The predicted molar refractivity (Wildman–Crippen MR) is 220 cm³/mol. The summed E-state index contributed by atoms with van der Waals surface area (Å²) in [6.07, 6.45) is 10.8. The molecule has 2 bridgehead atoms. The molecule has 60 heavy (non-hydrogen) atoms. The van der Waals surface area contributed by atoms with Crippen LogP contribution in [0.3, 0.4) is 0 Å². The lowest BCUT2D eigenvalue weighted by Gasteiger charge is -2.59. The molecule has 8 aliphatic rings. The van der Waals surface area contributed by atoms with Crippen LogP contribution in [0.15, 0.2) is 84.5 Å². The number of Topliss-reactive ketones (excluding diaryl/α,β-unsaturated/α-hetero) is 1. The number of carbonyl (C=O) groups excluding carboxylic acids is 3. The first kappa shape index (κ1) is 43.6.